The number of amides is 1. The first-order chi connectivity index (χ1) is 11.7. The van der Waals surface area contributed by atoms with E-state index >= 15 is 0 Å². The number of benzene rings is 1. The third kappa shape index (κ3) is 3.55. The van der Waals surface area contributed by atoms with E-state index in [4.69, 9.17) is 4.74 Å². The lowest BCUT2D eigenvalue weighted by molar-refractivity contribution is 0.0906. The van der Waals surface area contributed by atoms with E-state index in [0.29, 0.717) is 17.9 Å². The topological polar surface area (TPSA) is 56.1 Å². The lowest BCUT2D eigenvalue weighted by atomic mass is 10.2. The van der Waals surface area contributed by atoms with Crippen molar-refractivity contribution in [2.45, 2.75) is 13.0 Å². The average molecular weight is 341 g/mol. The molecule has 1 N–H and O–H groups in total. The number of hydrogen-bond donors (Lipinski definition) is 1. The van der Waals surface area contributed by atoms with E-state index in [0.717, 1.165) is 10.6 Å². The number of aromatic nitrogens is 2. The minimum absolute atomic E-state index is 0.0706. The second-order valence-corrected chi connectivity index (χ2v) is 6.43. The molecule has 1 atom stereocenters. The van der Waals surface area contributed by atoms with Crippen molar-refractivity contribution in [1.29, 1.82) is 0 Å². The fourth-order valence-corrected chi connectivity index (χ4v) is 3.16. The molecule has 0 saturated heterocycles. The second kappa shape index (κ2) is 7.42. The third-order valence-electron chi connectivity index (χ3n) is 3.53. The van der Waals surface area contributed by atoms with Gasteiger partial charge in [0.25, 0.3) is 5.91 Å². The molecular weight excluding hydrogens is 322 g/mol. The molecule has 5 nitrogen and oxygen atoms in total. The van der Waals surface area contributed by atoms with Gasteiger partial charge in [-0.3, -0.25) is 4.79 Å². The van der Waals surface area contributed by atoms with Gasteiger partial charge in [-0.15, -0.1) is 11.3 Å². The number of carbonyl (C=O) groups excluding carboxylic acids is 1. The summed E-state index contributed by atoms with van der Waals surface area (Å²) in [6.07, 6.45) is 1.78. The molecule has 3 rings (SSSR count). The molecule has 0 aliphatic rings. The Bertz CT molecular complexity index is 797. The van der Waals surface area contributed by atoms with Crippen LogP contribution in [0.15, 0.2) is 54.0 Å². The van der Waals surface area contributed by atoms with Crippen LogP contribution in [0, 0.1) is 0 Å². The van der Waals surface area contributed by atoms with Crippen LogP contribution < -0.4 is 5.32 Å². The van der Waals surface area contributed by atoms with Gasteiger partial charge in [0, 0.05) is 19.3 Å². The van der Waals surface area contributed by atoms with Crippen LogP contribution in [0.1, 0.15) is 17.3 Å². The Hall–Kier alpha value is -2.44. The smallest absolute Gasteiger partial charge is 0.255 e. The molecule has 0 radical (unpaired) electrons. The van der Waals surface area contributed by atoms with E-state index in [9.17, 15) is 4.79 Å². The number of para-hydroxylation sites is 1. The summed E-state index contributed by atoms with van der Waals surface area (Å²) in [4.78, 5) is 13.6. The van der Waals surface area contributed by atoms with E-state index in [1.165, 1.54) is 0 Å². The van der Waals surface area contributed by atoms with Crippen LogP contribution in [0.3, 0.4) is 0 Å². The van der Waals surface area contributed by atoms with Crippen LogP contribution >= 0.6 is 11.3 Å². The summed E-state index contributed by atoms with van der Waals surface area (Å²) in [6, 6.07) is 13.6. The van der Waals surface area contributed by atoms with Crippen LogP contribution in [0.5, 0.6) is 0 Å². The van der Waals surface area contributed by atoms with E-state index < -0.39 is 0 Å². The first-order valence-corrected chi connectivity index (χ1v) is 8.55. The molecule has 0 bridgehead atoms. The maximum atomic E-state index is 12.7. The number of nitrogens with zero attached hydrogens (tertiary/aromatic N) is 2. The van der Waals surface area contributed by atoms with Gasteiger partial charge in [-0.05, 0) is 30.5 Å². The maximum absolute atomic E-state index is 12.7. The molecule has 0 fully saturated rings. The number of hydrogen-bond acceptors (Lipinski definition) is 4. The molecule has 124 valence electrons. The molecule has 0 spiro atoms. The van der Waals surface area contributed by atoms with Crippen molar-refractivity contribution in [1.82, 2.24) is 15.1 Å². The Morgan fingerprint density at radius 2 is 2.08 bits per heavy atom. The number of carbonyl (C=O) groups is 1. The Morgan fingerprint density at radius 3 is 2.75 bits per heavy atom. The highest BCUT2D eigenvalue weighted by molar-refractivity contribution is 7.13. The zero-order valence-electron chi connectivity index (χ0n) is 13.6. The van der Waals surface area contributed by atoms with Gasteiger partial charge in [-0.2, -0.15) is 5.10 Å². The molecule has 1 aromatic carbocycles. The van der Waals surface area contributed by atoms with E-state index in [1.54, 1.807) is 29.3 Å². The summed E-state index contributed by atoms with van der Waals surface area (Å²) in [6.45, 7) is 2.38. The largest absolute Gasteiger partial charge is 0.383 e. The number of ether oxygens (including phenoxy) is 1. The monoisotopic (exact) mass is 341 g/mol. The SMILES string of the molecule is COCC(C)NC(=O)c1cn(-c2ccccc2)nc1-c1cccs1. The lowest BCUT2D eigenvalue weighted by Crippen LogP contribution is -2.35. The van der Waals surface area contributed by atoms with E-state index in [2.05, 4.69) is 10.4 Å². The zero-order chi connectivity index (χ0) is 16.9. The van der Waals surface area contributed by atoms with Crippen LogP contribution in [-0.4, -0.2) is 35.4 Å². The standard InChI is InChI=1S/C18H19N3O2S/c1-13(12-23-2)19-18(22)15-11-21(14-7-4-3-5-8-14)20-17(15)16-9-6-10-24-16/h3-11,13H,12H2,1-2H3,(H,19,22). The van der Waals surface area contributed by atoms with Crippen LogP contribution in [0.2, 0.25) is 0 Å². The molecule has 0 aliphatic heterocycles. The number of nitrogens with one attached hydrogen (secondary N) is 1. The molecule has 24 heavy (non-hydrogen) atoms. The highest BCUT2D eigenvalue weighted by Crippen LogP contribution is 2.27. The Morgan fingerprint density at radius 1 is 1.29 bits per heavy atom. The van der Waals surface area contributed by atoms with Gasteiger partial charge < -0.3 is 10.1 Å². The highest BCUT2D eigenvalue weighted by Gasteiger charge is 2.20. The summed E-state index contributed by atoms with van der Waals surface area (Å²) >= 11 is 1.56. The first-order valence-electron chi connectivity index (χ1n) is 7.68. The van der Waals surface area contributed by atoms with Crippen molar-refractivity contribution in [2.24, 2.45) is 0 Å². The summed E-state index contributed by atoms with van der Waals surface area (Å²) in [5.74, 6) is -0.148. The Kier molecular flexibility index (Phi) is 5.08. The molecule has 6 heteroatoms. The Labute approximate surface area is 144 Å². The molecule has 2 heterocycles. The van der Waals surface area contributed by atoms with Gasteiger partial charge in [-0.25, -0.2) is 4.68 Å². The van der Waals surface area contributed by atoms with Gasteiger partial charge in [0.15, 0.2) is 0 Å². The van der Waals surface area contributed by atoms with Crippen molar-refractivity contribution in [3.63, 3.8) is 0 Å². The summed E-state index contributed by atoms with van der Waals surface area (Å²) in [5.41, 5.74) is 2.17. The van der Waals surface area contributed by atoms with Gasteiger partial charge >= 0.3 is 0 Å². The minimum atomic E-state index is -0.148. The number of thiophene rings is 1. The highest BCUT2D eigenvalue weighted by atomic mass is 32.1. The number of rotatable bonds is 6. The second-order valence-electron chi connectivity index (χ2n) is 5.48. The average Bonchev–Trinajstić information content (AvgIpc) is 3.25. The molecule has 2 aromatic heterocycles. The first kappa shape index (κ1) is 16.4. The van der Waals surface area contributed by atoms with Gasteiger partial charge in [-0.1, -0.05) is 24.3 Å². The maximum Gasteiger partial charge on any atom is 0.255 e. The van der Waals surface area contributed by atoms with Crippen molar-refractivity contribution < 1.29 is 9.53 Å². The fraction of sp³-hybridized carbons (Fsp3) is 0.222. The fourth-order valence-electron chi connectivity index (χ4n) is 2.44. The predicted octanol–water partition coefficient (Wildman–Crippen LogP) is 3.37. The van der Waals surface area contributed by atoms with E-state index in [-0.39, 0.29) is 11.9 Å². The van der Waals surface area contributed by atoms with Gasteiger partial charge in [0.05, 0.1) is 22.7 Å². The quantitative estimate of drug-likeness (QED) is 0.748. The summed E-state index contributed by atoms with van der Waals surface area (Å²) in [5, 5.41) is 9.56. The van der Waals surface area contributed by atoms with Gasteiger partial charge in [0.2, 0.25) is 0 Å². The van der Waals surface area contributed by atoms with Crippen LogP contribution in [-0.2, 0) is 4.74 Å². The van der Waals surface area contributed by atoms with Crippen molar-refractivity contribution in [3.8, 4) is 16.3 Å². The summed E-state index contributed by atoms with van der Waals surface area (Å²) < 4.78 is 6.82. The van der Waals surface area contributed by atoms with Crippen LogP contribution in [0.4, 0.5) is 0 Å². The predicted molar refractivity (Wildman–Crippen MR) is 95.7 cm³/mol. The van der Waals surface area contributed by atoms with Crippen molar-refractivity contribution in [3.05, 3.63) is 59.6 Å². The molecule has 1 unspecified atom stereocenters. The minimum Gasteiger partial charge on any atom is -0.383 e. The van der Waals surface area contributed by atoms with E-state index in [1.807, 2.05) is 54.8 Å². The molecular formula is C18H19N3O2S. The normalized spacial score (nSPS) is 12.1. The molecule has 3 aromatic rings. The zero-order valence-corrected chi connectivity index (χ0v) is 14.4. The van der Waals surface area contributed by atoms with Crippen LogP contribution in [0.25, 0.3) is 16.3 Å². The van der Waals surface area contributed by atoms with Crippen molar-refractivity contribution >= 4 is 17.2 Å². The van der Waals surface area contributed by atoms with Gasteiger partial charge in [0.1, 0.15) is 5.69 Å². The molecule has 0 saturated carbocycles. The Balaban J connectivity index is 1.97. The molecule has 1 amide bonds. The molecule has 0 aliphatic carbocycles. The number of methoxy groups -OCH3 is 1. The van der Waals surface area contributed by atoms with Crippen molar-refractivity contribution in [2.75, 3.05) is 13.7 Å². The lowest BCUT2D eigenvalue weighted by Gasteiger charge is -2.12. The summed E-state index contributed by atoms with van der Waals surface area (Å²) in [7, 11) is 1.62. The third-order valence-corrected chi connectivity index (χ3v) is 4.40.